The molecule has 2 aromatic rings. The van der Waals surface area contributed by atoms with Crippen molar-refractivity contribution < 1.29 is 14.3 Å². The summed E-state index contributed by atoms with van der Waals surface area (Å²) in [6.45, 7) is 2.67. The van der Waals surface area contributed by atoms with Gasteiger partial charge in [-0.05, 0) is 42.7 Å². The van der Waals surface area contributed by atoms with Crippen LogP contribution in [0.5, 0.6) is 5.75 Å². The lowest BCUT2D eigenvalue weighted by Crippen LogP contribution is -2.48. The van der Waals surface area contributed by atoms with Crippen LogP contribution in [0.1, 0.15) is 34.0 Å². The Morgan fingerprint density at radius 2 is 1.92 bits per heavy atom. The molecule has 25 heavy (non-hydrogen) atoms. The third-order valence-electron chi connectivity index (χ3n) is 4.73. The zero-order chi connectivity index (χ0) is 18.0. The van der Waals surface area contributed by atoms with E-state index < -0.39 is 0 Å². The molecule has 0 saturated carbocycles. The van der Waals surface area contributed by atoms with Crippen molar-refractivity contribution in [2.45, 2.75) is 32.5 Å². The summed E-state index contributed by atoms with van der Waals surface area (Å²) in [5, 5.41) is 0. The van der Waals surface area contributed by atoms with Gasteiger partial charge in [-0.25, -0.2) is 0 Å². The van der Waals surface area contributed by atoms with Crippen molar-refractivity contribution in [2.75, 3.05) is 7.11 Å². The first kappa shape index (κ1) is 17.2. The monoisotopic (exact) mass is 338 g/mol. The summed E-state index contributed by atoms with van der Waals surface area (Å²) in [5.74, 6) is 0.364. The van der Waals surface area contributed by atoms with E-state index in [-0.39, 0.29) is 17.7 Å². The van der Waals surface area contributed by atoms with Crippen LogP contribution in [0.3, 0.4) is 0 Å². The van der Waals surface area contributed by atoms with Crippen LogP contribution < -0.4 is 10.5 Å². The number of ether oxygens (including phenoxy) is 1. The number of ketones is 1. The number of methoxy groups -OCH3 is 1. The molecule has 2 aromatic carbocycles. The average Bonchev–Trinajstić information content (AvgIpc) is 2.60. The molecule has 0 unspecified atom stereocenters. The summed E-state index contributed by atoms with van der Waals surface area (Å²) in [6.07, 6.45) is 0.597. The van der Waals surface area contributed by atoms with E-state index >= 15 is 0 Å². The molecule has 2 N–H and O–H groups in total. The number of nitrogens with zero attached hydrogens (tertiary/aromatic N) is 1. The molecule has 5 heteroatoms. The molecular formula is C20H22N2O3. The van der Waals surface area contributed by atoms with Gasteiger partial charge in [0.05, 0.1) is 13.2 Å². The second-order valence-electron chi connectivity index (χ2n) is 6.38. The van der Waals surface area contributed by atoms with Crippen LogP contribution in [0.2, 0.25) is 0 Å². The zero-order valence-electron chi connectivity index (χ0n) is 14.5. The van der Waals surface area contributed by atoms with Crippen LogP contribution >= 0.6 is 0 Å². The Morgan fingerprint density at radius 3 is 2.56 bits per heavy atom. The fourth-order valence-electron chi connectivity index (χ4n) is 3.36. The van der Waals surface area contributed by atoms with Crippen molar-refractivity contribution in [3.8, 4) is 5.75 Å². The van der Waals surface area contributed by atoms with Crippen molar-refractivity contribution in [2.24, 2.45) is 5.73 Å². The lowest BCUT2D eigenvalue weighted by Gasteiger charge is -2.35. The lowest BCUT2D eigenvalue weighted by atomic mass is 9.93. The number of primary amides is 1. The van der Waals surface area contributed by atoms with Crippen molar-refractivity contribution in [1.29, 1.82) is 0 Å². The van der Waals surface area contributed by atoms with Gasteiger partial charge in [-0.2, -0.15) is 0 Å². The number of rotatable bonds is 5. The van der Waals surface area contributed by atoms with Gasteiger partial charge in [0, 0.05) is 24.2 Å². The minimum absolute atomic E-state index is 0.000607. The number of amides is 1. The number of fused-ring (bicyclic) bond motifs is 1. The molecule has 3 rings (SSSR count). The highest BCUT2D eigenvalue weighted by molar-refractivity contribution is 5.94. The number of carbonyl (C=O) groups excluding carboxylic acids is 2. The third kappa shape index (κ3) is 3.56. The van der Waals surface area contributed by atoms with Crippen LogP contribution in [-0.2, 0) is 24.3 Å². The molecule has 1 aliphatic rings. The number of carbonyl (C=O) groups is 2. The summed E-state index contributed by atoms with van der Waals surface area (Å²) < 4.78 is 5.43. The quantitative estimate of drug-likeness (QED) is 0.849. The maximum Gasteiger partial charge on any atom is 0.235 e. The summed E-state index contributed by atoms with van der Waals surface area (Å²) in [6, 6.07) is 13.1. The highest BCUT2D eigenvalue weighted by Crippen LogP contribution is 2.28. The molecule has 0 saturated heterocycles. The van der Waals surface area contributed by atoms with Crippen molar-refractivity contribution in [3.05, 3.63) is 64.7 Å². The largest absolute Gasteiger partial charge is 0.496 e. The first-order chi connectivity index (χ1) is 12.0. The van der Waals surface area contributed by atoms with Gasteiger partial charge in [0.2, 0.25) is 5.91 Å². The van der Waals surface area contributed by atoms with Gasteiger partial charge in [0.15, 0.2) is 5.78 Å². The Morgan fingerprint density at radius 1 is 1.20 bits per heavy atom. The first-order valence-corrected chi connectivity index (χ1v) is 8.27. The molecule has 0 fully saturated rings. The minimum Gasteiger partial charge on any atom is -0.496 e. The average molecular weight is 338 g/mol. The lowest BCUT2D eigenvalue weighted by molar-refractivity contribution is -0.124. The highest BCUT2D eigenvalue weighted by Gasteiger charge is 2.30. The Kier molecular flexibility index (Phi) is 4.86. The topological polar surface area (TPSA) is 72.6 Å². The van der Waals surface area contributed by atoms with E-state index in [1.165, 1.54) is 12.5 Å². The predicted molar refractivity (Wildman–Crippen MR) is 95.4 cm³/mol. The number of Topliss-reactive ketones (excluding diaryl/α,β-unsaturated/α-hetero) is 1. The van der Waals surface area contributed by atoms with Gasteiger partial charge < -0.3 is 10.5 Å². The molecule has 0 aliphatic carbocycles. The van der Waals surface area contributed by atoms with Crippen LogP contribution in [0.25, 0.3) is 0 Å². The molecular weight excluding hydrogens is 316 g/mol. The SMILES string of the molecule is COc1ccc(C(C)=O)cc1CN1Cc2ccccc2C[C@H]1C(N)=O. The fourth-order valence-corrected chi connectivity index (χ4v) is 3.36. The molecule has 0 spiro atoms. The summed E-state index contributed by atoms with van der Waals surface area (Å²) >= 11 is 0. The van der Waals surface area contributed by atoms with E-state index in [1.807, 2.05) is 29.2 Å². The van der Waals surface area contributed by atoms with E-state index in [9.17, 15) is 9.59 Å². The van der Waals surface area contributed by atoms with Gasteiger partial charge in [-0.1, -0.05) is 24.3 Å². The molecule has 0 aromatic heterocycles. The summed E-state index contributed by atoms with van der Waals surface area (Å²) in [4.78, 5) is 25.7. The van der Waals surface area contributed by atoms with Crippen LogP contribution in [-0.4, -0.2) is 29.7 Å². The fraction of sp³-hybridized carbons (Fsp3) is 0.300. The third-order valence-corrected chi connectivity index (χ3v) is 4.73. The smallest absolute Gasteiger partial charge is 0.235 e. The zero-order valence-corrected chi connectivity index (χ0v) is 14.5. The van der Waals surface area contributed by atoms with E-state index in [1.54, 1.807) is 19.2 Å². The molecule has 1 heterocycles. The Balaban J connectivity index is 1.94. The van der Waals surface area contributed by atoms with E-state index in [0.29, 0.717) is 30.8 Å². The van der Waals surface area contributed by atoms with Crippen LogP contribution in [0.4, 0.5) is 0 Å². The summed E-state index contributed by atoms with van der Waals surface area (Å²) in [5.41, 5.74) is 9.51. The number of benzene rings is 2. The number of hydrogen-bond donors (Lipinski definition) is 1. The van der Waals surface area contributed by atoms with Gasteiger partial charge in [-0.3, -0.25) is 14.5 Å². The van der Waals surface area contributed by atoms with E-state index in [4.69, 9.17) is 10.5 Å². The van der Waals surface area contributed by atoms with E-state index in [2.05, 4.69) is 6.07 Å². The molecule has 1 amide bonds. The minimum atomic E-state index is -0.374. The van der Waals surface area contributed by atoms with E-state index in [0.717, 1.165) is 11.1 Å². The predicted octanol–water partition coefficient (Wildman–Crippen LogP) is 2.31. The van der Waals surface area contributed by atoms with Gasteiger partial charge in [0.25, 0.3) is 0 Å². The second-order valence-corrected chi connectivity index (χ2v) is 6.38. The van der Waals surface area contributed by atoms with Gasteiger partial charge in [0.1, 0.15) is 5.75 Å². The standard InChI is InChI=1S/C20H22N2O3/c1-13(23)14-7-8-19(25-2)17(9-14)12-22-11-16-6-4-3-5-15(16)10-18(22)20(21)24/h3-9,18H,10-12H2,1-2H3,(H2,21,24)/t18-/m0/s1. The molecule has 0 radical (unpaired) electrons. The second kappa shape index (κ2) is 7.07. The van der Waals surface area contributed by atoms with Gasteiger partial charge >= 0.3 is 0 Å². The molecule has 5 nitrogen and oxygen atoms in total. The maximum atomic E-state index is 12.0. The Labute approximate surface area is 147 Å². The first-order valence-electron chi connectivity index (χ1n) is 8.27. The van der Waals surface area contributed by atoms with Crippen molar-refractivity contribution in [1.82, 2.24) is 4.90 Å². The highest BCUT2D eigenvalue weighted by atomic mass is 16.5. The Bertz CT molecular complexity index is 816. The number of nitrogens with two attached hydrogens (primary N) is 1. The molecule has 1 atom stereocenters. The maximum absolute atomic E-state index is 12.0. The number of hydrogen-bond acceptors (Lipinski definition) is 4. The van der Waals surface area contributed by atoms with Crippen molar-refractivity contribution >= 4 is 11.7 Å². The van der Waals surface area contributed by atoms with Crippen LogP contribution in [0.15, 0.2) is 42.5 Å². The van der Waals surface area contributed by atoms with Crippen LogP contribution in [0, 0.1) is 0 Å². The summed E-state index contributed by atoms with van der Waals surface area (Å²) in [7, 11) is 1.60. The molecule has 1 aliphatic heterocycles. The van der Waals surface area contributed by atoms with Gasteiger partial charge in [-0.15, -0.1) is 0 Å². The normalized spacial score (nSPS) is 17.0. The molecule has 130 valence electrons. The molecule has 0 bridgehead atoms. The Hall–Kier alpha value is -2.66. The van der Waals surface area contributed by atoms with Crippen molar-refractivity contribution in [3.63, 3.8) is 0 Å².